The first-order valence-electron chi connectivity index (χ1n) is 6.79. The van der Waals surface area contributed by atoms with Gasteiger partial charge in [0.25, 0.3) is 0 Å². The Balaban J connectivity index is 1.95. The highest BCUT2D eigenvalue weighted by Gasteiger charge is 2.31. The summed E-state index contributed by atoms with van der Waals surface area (Å²) in [6.07, 6.45) is -4.43. The molecule has 0 unspecified atom stereocenters. The average Bonchev–Trinajstić information content (AvgIpc) is 2.47. The van der Waals surface area contributed by atoms with Crippen molar-refractivity contribution in [3.63, 3.8) is 0 Å². The van der Waals surface area contributed by atoms with Crippen molar-refractivity contribution in [3.8, 4) is 6.07 Å². The lowest BCUT2D eigenvalue weighted by Crippen LogP contribution is -2.45. The molecule has 1 aromatic carbocycles. The van der Waals surface area contributed by atoms with Crippen molar-refractivity contribution in [3.05, 3.63) is 29.3 Å². The summed E-state index contributed by atoms with van der Waals surface area (Å²) in [4.78, 5) is 2.26. The lowest BCUT2D eigenvalue weighted by atomic mass is 10.1. The Kier molecular flexibility index (Phi) is 5.04. The second-order valence-electron chi connectivity index (χ2n) is 4.89. The number of rotatable bonds is 4. The van der Waals surface area contributed by atoms with Gasteiger partial charge < -0.3 is 10.6 Å². The maximum absolute atomic E-state index is 12.6. The van der Waals surface area contributed by atoms with E-state index in [4.69, 9.17) is 5.26 Å². The number of nitrogens with zero attached hydrogens (tertiary/aromatic N) is 2. The summed E-state index contributed by atoms with van der Waals surface area (Å²) in [5.41, 5.74) is -0.336. The van der Waals surface area contributed by atoms with Gasteiger partial charge in [0.1, 0.15) is 6.07 Å². The average molecular weight is 298 g/mol. The first kappa shape index (κ1) is 15.6. The molecule has 1 aliphatic heterocycles. The zero-order chi connectivity index (χ0) is 15.3. The second kappa shape index (κ2) is 6.78. The molecule has 1 saturated heterocycles. The van der Waals surface area contributed by atoms with Crippen molar-refractivity contribution >= 4 is 5.69 Å². The van der Waals surface area contributed by atoms with E-state index in [1.54, 1.807) is 0 Å². The van der Waals surface area contributed by atoms with Gasteiger partial charge in [0.2, 0.25) is 0 Å². The van der Waals surface area contributed by atoms with Crippen LogP contribution in [0.3, 0.4) is 0 Å². The van der Waals surface area contributed by atoms with Crippen molar-refractivity contribution in [2.45, 2.75) is 6.18 Å². The topological polar surface area (TPSA) is 51.1 Å². The van der Waals surface area contributed by atoms with Crippen LogP contribution in [-0.2, 0) is 6.18 Å². The van der Waals surface area contributed by atoms with Crippen molar-refractivity contribution in [1.29, 1.82) is 5.26 Å². The van der Waals surface area contributed by atoms with E-state index in [0.717, 1.165) is 44.9 Å². The van der Waals surface area contributed by atoms with Gasteiger partial charge in [0.15, 0.2) is 0 Å². The van der Waals surface area contributed by atoms with Gasteiger partial charge in [-0.2, -0.15) is 18.4 Å². The van der Waals surface area contributed by atoms with Crippen molar-refractivity contribution < 1.29 is 13.2 Å². The van der Waals surface area contributed by atoms with Gasteiger partial charge in [-0.1, -0.05) is 0 Å². The van der Waals surface area contributed by atoms with Crippen molar-refractivity contribution in [2.75, 3.05) is 44.6 Å². The monoisotopic (exact) mass is 298 g/mol. The van der Waals surface area contributed by atoms with Crippen LogP contribution in [0.2, 0.25) is 0 Å². The summed E-state index contributed by atoms with van der Waals surface area (Å²) in [6, 6.07) is 5.01. The molecule has 0 spiro atoms. The zero-order valence-corrected chi connectivity index (χ0v) is 11.5. The molecule has 1 fully saturated rings. The third-order valence-corrected chi connectivity index (χ3v) is 3.42. The van der Waals surface area contributed by atoms with Crippen LogP contribution in [0.4, 0.5) is 18.9 Å². The molecule has 2 N–H and O–H groups in total. The normalized spacial score (nSPS) is 16.5. The van der Waals surface area contributed by atoms with Crippen LogP contribution in [0.1, 0.15) is 11.1 Å². The number of nitriles is 1. The summed E-state index contributed by atoms with van der Waals surface area (Å²) in [6.45, 7) is 5.21. The Bertz CT molecular complexity index is 516. The number of benzene rings is 1. The predicted molar refractivity (Wildman–Crippen MR) is 74.0 cm³/mol. The second-order valence-corrected chi connectivity index (χ2v) is 4.89. The summed E-state index contributed by atoms with van der Waals surface area (Å²) >= 11 is 0. The molecule has 4 nitrogen and oxygen atoms in total. The Morgan fingerprint density at radius 3 is 2.62 bits per heavy atom. The smallest absolute Gasteiger partial charge is 0.383 e. The van der Waals surface area contributed by atoms with Crippen molar-refractivity contribution in [1.82, 2.24) is 10.2 Å². The Morgan fingerprint density at radius 1 is 1.29 bits per heavy atom. The maximum atomic E-state index is 12.6. The van der Waals surface area contributed by atoms with Crippen LogP contribution in [-0.4, -0.2) is 44.2 Å². The van der Waals surface area contributed by atoms with E-state index in [1.807, 2.05) is 6.07 Å². The number of alkyl halides is 3. The number of anilines is 1. The number of halogens is 3. The van der Waals surface area contributed by atoms with E-state index >= 15 is 0 Å². The number of nitrogens with one attached hydrogen (secondary N) is 2. The van der Waals surface area contributed by atoms with Gasteiger partial charge in [-0.05, 0) is 18.2 Å². The Morgan fingerprint density at radius 2 is 2.00 bits per heavy atom. The largest absolute Gasteiger partial charge is 0.416 e. The molecule has 1 aromatic rings. The Labute approximate surface area is 121 Å². The van der Waals surface area contributed by atoms with Crippen LogP contribution in [0.15, 0.2) is 18.2 Å². The SMILES string of the molecule is N#Cc1cc(C(F)(F)F)ccc1NCCN1CCNCC1. The molecule has 0 atom stereocenters. The molecule has 7 heteroatoms. The molecular weight excluding hydrogens is 281 g/mol. The molecule has 0 amide bonds. The minimum absolute atomic E-state index is 0.0186. The van der Waals surface area contributed by atoms with Crippen LogP contribution in [0.5, 0.6) is 0 Å². The molecule has 21 heavy (non-hydrogen) atoms. The van der Waals surface area contributed by atoms with Gasteiger partial charge in [-0.15, -0.1) is 0 Å². The molecule has 114 valence electrons. The predicted octanol–water partition coefficient (Wildman–Crippen LogP) is 1.89. The quantitative estimate of drug-likeness (QED) is 0.891. The molecule has 1 aliphatic rings. The van der Waals surface area contributed by atoms with E-state index < -0.39 is 11.7 Å². The fraction of sp³-hybridized carbons (Fsp3) is 0.500. The standard InChI is InChI=1S/C14H17F3N4/c15-14(16,17)12-1-2-13(11(9-12)10-18)20-5-8-21-6-3-19-4-7-21/h1-2,9,19-20H,3-8H2. The van der Waals surface area contributed by atoms with Gasteiger partial charge in [0, 0.05) is 39.3 Å². The number of hydrogen-bond donors (Lipinski definition) is 2. The molecule has 0 aromatic heterocycles. The summed E-state index contributed by atoms with van der Waals surface area (Å²) in [5, 5.41) is 15.3. The first-order chi connectivity index (χ1) is 10.0. The van der Waals surface area contributed by atoms with Gasteiger partial charge in [0.05, 0.1) is 16.8 Å². The van der Waals surface area contributed by atoms with E-state index in [1.165, 1.54) is 6.07 Å². The zero-order valence-electron chi connectivity index (χ0n) is 11.5. The third kappa shape index (κ3) is 4.34. The maximum Gasteiger partial charge on any atom is 0.416 e. The molecule has 0 radical (unpaired) electrons. The van der Waals surface area contributed by atoms with Crippen LogP contribution >= 0.6 is 0 Å². The van der Waals surface area contributed by atoms with Crippen LogP contribution < -0.4 is 10.6 Å². The lowest BCUT2D eigenvalue weighted by Gasteiger charge is -2.27. The lowest BCUT2D eigenvalue weighted by molar-refractivity contribution is -0.137. The number of hydrogen-bond acceptors (Lipinski definition) is 4. The third-order valence-electron chi connectivity index (χ3n) is 3.42. The minimum Gasteiger partial charge on any atom is -0.383 e. The molecule has 1 heterocycles. The highest BCUT2D eigenvalue weighted by atomic mass is 19.4. The van der Waals surface area contributed by atoms with E-state index in [0.29, 0.717) is 12.2 Å². The molecule has 0 bridgehead atoms. The van der Waals surface area contributed by atoms with Gasteiger partial charge in [-0.3, -0.25) is 4.90 Å². The van der Waals surface area contributed by atoms with Crippen molar-refractivity contribution in [2.24, 2.45) is 0 Å². The molecule has 0 saturated carbocycles. The number of piperazine rings is 1. The summed E-state index contributed by atoms with van der Waals surface area (Å²) in [7, 11) is 0. The summed E-state index contributed by atoms with van der Waals surface area (Å²) < 4.78 is 37.8. The van der Waals surface area contributed by atoms with Crippen LogP contribution in [0, 0.1) is 11.3 Å². The van der Waals surface area contributed by atoms with Gasteiger partial charge >= 0.3 is 6.18 Å². The fourth-order valence-corrected chi connectivity index (χ4v) is 2.25. The van der Waals surface area contributed by atoms with E-state index in [9.17, 15) is 13.2 Å². The molecule has 2 rings (SSSR count). The van der Waals surface area contributed by atoms with Crippen LogP contribution in [0.25, 0.3) is 0 Å². The summed E-state index contributed by atoms with van der Waals surface area (Å²) in [5.74, 6) is 0. The first-order valence-corrected chi connectivity index (χ1v) is 6.79. The van der Waals surface area contributed by atoms with Gasteiger partial charge in [-0.25, -0.2) is 0 Å². The molecular formula is C14H17F3N4. The molecule has 0 aliphatic carbocycles. The highest BCUT2D eigenvalue weighted by molar-refractivity contribution is 5.59. The van der Waals surface area contributed by atoms with E-state index in [2.05, 4.69) is 15.5 Å². The fourth-order valence-electron chi connectivity index (χ4n) is 2.25. The minimum atomic E-state index is -4.43. The van der Waals surface area contributed by atoms with E-state index in [-0.39, 0.29) is 5.56 Å². The highest BCUT2D eigenvalue weighted by Crippen LogP contribution is 2.31. The Hall–Kier alpha value is -1.78.